The highest BCUT2D eigenvalue weighted by atomic mass is 19.1. The number of nitrogens with one attached hydrogen (secondary N) is 1. The third-order valence-corrected chi connectivity index (χ3v) is 3.33. The van der Waals surface area contributed by atoms with Crippen LogP contribution in [-0.2, 0) is 0 Å². The lowest BCUT2D eigenvalue weighted by Crippen LogP contribution is -2.27. The number of ether oxygens (including phenoxy) is 1. The molecule has 5 heteroatoms. The fourth-order valence-corrected chi connectivity index (χ4v) is 2.32. The van der Waals surface area contributed by atoms with Gasteiger partial charge in [0, 0.05) is 25.7 Å². The second-order valence-corrected chi connectivity index (χ2v) is 4.68. The van der Waals surface area contributed by atoms with Gasteiger partial charge >= 0.3 is 0 Å². The number of benzene rings is 1. The van der Waals surface area contributed by atoms with E-state index in [1.807, 2.05) is 0 Å². The fraction of sp³-hybridized carbons (Fsp3) is 0.538. The Kier molecular flexibility index (Phi) is 4.01. The molecule has 0 aliphatic carbocycles. The van der Waals surface area contributed by atoms with Gasteiger partial charge in [-0.05, 0) is 25.4 Å². The molecule has 1 aromatic rings. The summed E-state index contributed by atoms with van der Waals surface area (Å²) in [6, 6.07) is 2.28. The fourth-order valence-electron chi connectivity index (χ4n) is 2.32. The number of methoxy groups -OCH3 is 1. The lowest BCUT2D eigenvalue weighted by Gasteiger charge is -2.23. The number of nitrogens with zero attached hydrogens (tertiary/aromatic N) is 1. The molecule has 0 spiro atoms. The summed E-state index contributed by atoms with van der Waals surface area (Å²) >= 11 is 0. The van der Waals surface area contributed by atoms with Crippen LogP contribution in [0.15, 0.2) is 12.1 Å². The molecule has 0 aromatic heterocycles. The van der Waals surface area contributed by atoms with Crippen LogP contribution in [0.1, 0.15) is 6.42 Å². The third kappa shape index (κ3) is 2.72. The molecule has 2 rings (SSSR count). The van der Waals surface area contributed by atoms with Crippen LogP contribution in [0.3, 0.4) is 0 Å². The van der Waals surface area contributed by atoms with Crippen LogP contribution in [0, 0.1) is 17.6 Å². The molecule has 0 saturated carbocycles. The van der Waals surface area contributed by atoms with Crippen LogP contribution in [-0.4, -0.2) is 33.8 Å². The minimum Gasteiger partial charge on any atom is -0.494 e. The van der Waals surface area contributed by atoms with Gasteiger partial charge in [-0.1, -0.05) is 0 Å². The summed E-state index contributed by atoms with van der Waals surface area (Å²) < 4.78 is 32.2. The summed E-state index contributed by atoms with van der Waals surface area (Å²) in [7, 11) is 3.11. The van der Waals surface area contributed by atoms with E-state index >= 15 is 0 Å². The predicted octanol–water partition coefficient (Wildman–Crippen LogP) is 2.02. The van der Waals surface area contributed by atoms with Crippen molar-refractivity contribution in [1.29, 1.82) is 0 Å². The van der Waals surface area contributed by atoms with Crippen molar-refractivity contribution in [3.05, 3.63) is 23.8 Å². The smallest absolute Gasteiger partial charge is 0.167 e. The third-order valence-electron chi connectivity index (χ3n) is 3.33. The molecule has 1 unspecified atom stereocenters. The van der Waals surface area contributed by atoms with E-state index in [1.165, 1.54) is 13.2 Å². The molecule has 3 nitrogen and oxygen atoms in total. The lowest BCUT2D eigenvalue weighted by molar-refractivity contribution is 0.382. The van der Waals surface area contributed by atoms with Crippen LogP contribution < -0.4 is 15.0 Å². The van der Waals surface area contributed by atoms with Crippen LogP contribution in [0.5, 0.6) is 5.75 Å². The molecule has 1 fully saturated rings. The molecule has 1 heterocycles. The summed E-state index contributed by atoms with van der Waals surface area (Å²) in [4.78, 5) is 1.76. The zero-order chi connectivity index (χ0) is 13.1. The van der Waals surface area contributed by atoms with Crippen molar-refractivity contribution in [3.63, 3.8) is 0 Å². The van der Waals surface area contributed by atoms with Gasteiger partial charge in [0.25, 0.3) is 0 Å². The van der Waals surface area contributed by atoms with E-state index in [0.717, 1.165) is 32.1 Å². The molecule has 1 aliphatic heterocycles. The van der Waals surface area contributed by atoms with Crippen molar-refractivity contribution in [3.8, 4) is 5.75 Å². The van der Waals surface area contributed by atoms with Crippen molar-refractivity contribution in [2.45, 2.75) is 6.42 Å². The monoisotopic (exact) mass is 256 g/mol. The standard InChI is InChI=1S/C13H18F2N2O/c1-17(8-9-3-4-16-7-9)12-5-11(15)13(18-2)6-10(12)14/h5-6,9,16H,3-4,7-8H2,1-2H3. The van der Waals surface area contributed by atoms with Gasteiger partial charge < -0.3 is 15.0 Å². The first-order valence-electron chi connectivity index (χ1n) is 6.06. The molecule has 1 atom stereocenters. The second kappa shape index (κ2) is 5.52. The normalized spacial score (nSPS) is 19.0. The molecular formula is C13H18F2N2O. The van der Waals surface area contributed by atoms with Crippen molar-refractivity contribution in [2.24, 2.45) is 5.92 Å². The maximum absolute atomic E-state index is 13.8. The molecule has 100 valence electrons. The highest BCUT2D eigenvalue weighted by molar-refractivity contribution is 5.50. The SMILES string of the molecule is COc1cc(F)c(N(C)CC2CCNC2)cc1F. The Hall–Kier alpha value is -1.36. The Labute approximate surface area is 106 Å². The second-order valence-electron chi connectivity index (χ2n) is 4.68. The van der Waals surface area contributed by atoms with Crippen LogP contribution in [0.25, 0.3) is 0 Å². The van der Waals surface area contributed by atoms with Gasteiger partial charge in [-0.25, -0.2) is 8.78 Å². The molecule has 1 N–H and O–H groups in total. The van der Waals surface area contributed by atoms with Gasteiger partial charge in [0.15, 0.2) is 11.6 Å². The first-order chi connectivity index (χ1) is 8.61. The van der Waals surface area contributed by atoms with E-state index in [-0.39, 0.29) is 11.4 Å². The average molecular weight is 256 g/mol. The van der Waals surface area contributed by atoms with Crippen molar-refractivity contribution >= 4 is 5.69 Å². The molecule has 1 aliphatic rings. The Morgan fingerprint density at radius 2 is 2.17 bits per heavy atom. The van der Waals surface area contributed by atoms with Gasteiger partial charge in [-0.3, -0.25) is 0 Å². The summed E-state index contributed by atoms with van der Waals surface area (Å²) in [5.74, 6) is -0.571. The molecular weight excluding hydrogens is 238 g/mol. The Bertz CT molecular complexity index is 420. The molecule has 0 bridgehead atoms. The first kappa shape index (κ1) is 13.1. The Morgan fingerprint density at radius 3 is 2.78 bits per heavy atom. The van der Waals surface area contributed by atoms with Gasteiger partial charge in [0.1, 0.15) is 5.82 Å². The Balaban J connectivity index is 2.13. The van der Waals surface area contributed by atoms with E-state index in [0.29, 0.717) is 5.92 Å². The van der Waals surface area contributed by atoms with E-state index in [4.69, 9.17) is 4.74 Å². The van der Waals surface area contributed by atoms with Crippen molar-refractivity contribution in [2.75, 3.05) is 38.7 Å². The first-order valence-corrected chi connectivity index (χ1v) is 6.06. The maximum atomic E-state index is 13.8. The Morgan fingerprint density at radius 1 is 1.39 bits per heavy atom. The molecule has 0 amide bonds. The van der Waals surface area contributed by atoms with Gasteiger partial charge in [-0.2, -0.15) is 0 Å². The summed E-state index contributed by atoms with van der Waals surface area (Å²) in [5.41, 5.74) is 0.278. The van der Waals surface area contributed by atoms with E-state index in [9.17, 15) is 8.78 Å². The van der Waals surface area contributed by atoms with Crippen molar-refractivity contribution < 1.29 is 13.5 Å². The minimum absolute atomic E-state index is 0.0628. The quantitative estimate of drug-likeness (QED) is 0.892. The van der Waals surface area contributed by atoms with Gasteiger partial charge in [0.05, 0.1) is 12.8 Å². The highest BCUT2D eigenvalue weighted by Gasteiger charge is 2.19. The largest absolute Gasteiger partial charge is 0.494 e. The summed E-state index contributed by atoms with van der Waals surface area (Å²) in [6.07, 6.45) is 1.07. The predicted molar refractivity (Wildman–Crippen MR) is 67.2 cm³/mol. The van der Waals surface area contributed by atoms with Crippen molar-refractivity contribution in [1.82, 2.24) is 5.32 Å². The van der Waals surface area contributed by atoms with E-state index < -0.39 is 11.6 Å². The van der Waals surface area contributed by atoms with Gasteiger partial charge in [0.2, 0.25) is 0 Å². The number of halogens is 2. The maximum Gasteiger partial charge on any atom is 0.167 e. The van der Waals surface area contributed by atoms with E-state index in [1.54, 1.807) is 11.9 Å². The zero-order valence-corrected chi connectivity index (χ0v) is 10.7. The molecule has 0 radical (unpaired) electrons. The minimum atomic E-state index is -0.537. The van der Waals surface area contributed by atoms with E-state index in [2.05, 4.69) is 5.32 Å². The topological polar surface area (TPSA) is 24.5 Å². The molecule has 18 heavy (non-hydrogen) atoms. The van der Waals surface area contributed by atoms with Crippen LogP contribution in [0.2, 0.25) is 0 Å². The summed E-state index contributed by atoms with van der Waals surface area (Å²) in [5, 5.41) is 3.26. The average Bonchev–Trinajstić information content (AvgIpc) is 2.84. The van der Waals surface area contributed by atoms with Crippen LogP contribution >= 0.6 is 0 Å². The summed E-state index contributed by atoms with van der Waals surface area (Å²) in [6.45, 7) is 2.65. The van der Waals surface area contributed by atoms with Crippen LogP contribution in [0.4, 0.5) is 14.5 Å². The zero-order valence-electron chi connectivity index (χ0n) is 10.7. The molecule has 1 aromatic carbocycles. The highest BCUT2D eigenvalue weighted by Crippen LogP contribution is 2.27. The lowest BCUT2D eigenvalue weighted by atomic mass is 10.1. The van der Waals surface area contributed by atoms with Gasteiger partial charge in [-0.15, -0.1) is 0 Å². The number of hydrogen-bond donors (Lipinski definition) is 1. The number of rotatable bonds is 4. The number of hydrogen-bond acceptors (Lipinski definition) is 3. The number of anilines is 1. The molecule has 1 saturated heterocycles.